The van der Waals surface area contributed by atoms with E-state index in [0.29, 0.717) is 22.1 Å². The van der Waals surface area contributed by atoms with E-state index in [1.807, 2.05) is 0 Å². The third kappa shape index (κ3) is 1.23. The van der Waals surface area contributed by atoms with Crippen molar-refractivity contribution in [3.8, 4) is 11.5 Å². The normalized spacial score (nSPS) is 11.3. The highest BCUT2D eigenvalue weighted by Crippen LogP contribution is 2.47. The number of phenolic OH excluding ortho intramolecular Hbond substituents is 2. The van der Waals surface area contributed by atoms with Crippen LogP contribution in [0.25, 0.3) is 20.2 Å². The summed E-state index contributed by atoms with van der Waals surface area (Å²) in [6.07, 6.45) is 0. The molecule has 0 radical (unpaired) electrons. The molecule has 0 aliphatic heterocycles. The van der Waals surface area contributed by atoms with E-state index in [-0.39, 0.29) is 11.5 Å². The second-order valence-corrected chi connectivity index (χ2v) is 4.88. The van der Waals surface area contributed by atoms with Crippen LogP contribution < -0.4 is 11.5 Å². The van der Waals surface area contributed by atoms with Crippen LogP contribution in [0.4, 0.5) is 11.4 Å². The molecule has 0 fully saturated rings. The molecule has 0 aliphatic rings. The maximum Gasteiger partial charge on any atom is 0.125 e. The summed E-state index contributed by atoms with van der Waals surface area (Å²) < 4.78 is 1.49. The van der Waals surface area contributed by atoms with Crippen molar-refractivity contribution in [3.05, 3.63) is 24.3 Å². The summed E-state index contributed by atoms with van der Waals surface area (Å²) in [5, 5.41) is 20.9. The lowest BCUT2D eigenvalue weighted by atomic mass is 10.1. The Morgan fingerprint density at radius 1 is 0.765 bits per heavy atom. The molecule has 0 unspecified atom stereocenters. The van der Waals surface area contributed by atoms with E-state index in [1.165, 1.54) is 23.5 Å². The van der Waals surface area contributed by atoms with Crippen LogP contribution in [0.1, 0.15) is 0 Å². The quantitative estimate of drug-likeness (QED) is 0.362. The molecule has 3 aromatic rings. The molecule has 0 atom stereocenters. The largest absolute Gasteiger partial charge is 0.507 e. The fourth-order valence-electron chi connectivity index (χ4n) is 1.98. The molecule has 0 bridgehead atoms. The number of fused-ring (bicyclic) bond motifs is 3. The molecule has 0 saturated carbocycles. The predicted molar refractivity (Wildman–Crippen MR) is 71.5 cm³/mol. The number of phenols is 2. The van der Waals surface area contributed by atoms with E-state index >= 15 is 0 Å². The molecule has 4 nitrogen and oxygen atoms in total. The lowest BCUT2D eigenvalue weighted by Crippen LogP contribution is -1.84. The molecule has 0 amide bonds. The molecule has 6 N–H and O–H groups in total. The lowest BCUT2D eigenvalue weighted by Gasteiger charge is -2.01. The first-order valence-electron chi connectivity index (χ1n) is 5.00. The molecule has 86 valence electrons. The lowest BCUT2D eigenvalue weighted by molar-refractivity contribution is 0.477. The van der Waals surface area contributed by atoms with Crippen LogP contribution in [0.15, 0.2) is 24.3 Å². The summed E-state index contributed by atoms with van der Waals surface area (Å²) in [5.41, 5.74) is 12.9. The molecule has 1 aromatic heterocycles. The van der Waals surface area contributed by atoms with Gasteiger partial charge in [0.05, 0.1) is 9.40 Å². The van der Waals surface area contributed by atoms with Crippen molar-refractivity contribution in [1.82, 2.24) is 0 Å². The highest BCUT2D eigenvalue weighted by atomic mass is 32.1. The second kappa shape index (κ2) is 3.18. The summed E-state index contributed by atoms with van der Waals surface area (Å²) >= 11 is 1.37. The Bertz CT molecular complexity index is 687. The van der Waals surface area contributed by atoms with Crippen molar-refractivity contribution in [1.29, 1.82) is 0 Å². The van der Waals surface area contributed by atoms with Gasteiger partial charge in [0, 0.05) is 22.1 Å². The Balaban J connectivity index is 2.69. The molecule has 0 saturated heterocycles. The summed E-state index contributed by atoms with van der Waals surface area (Å²) in [5.74, 6) is 0.197. The average molecular weight is 246 g/mol. The zero-order chi connectivity index (χ0) is 12.2. The van der Waals surface area contributed by atoms with Gasteiger partial charge in [0.15, 0.2) is 0 Å². The van der Waals surface area contributed by atoms with Gasteiger partial charge in [-0.2, -0.15) is 0 Å². The molecule has 0 spiro atoms. The number of benzene rings is 2. The smallest absolute Gasteiger partial charge is 0.125 e. The monoisotopic (exact) mass is 246 g/mol. The van der Waals surface area contributed by atoms with Crippen molar-refractivity contribution < 1.29 is 10.2 Å². The SMILES string of the molecule is Nc1ccc(O)c2c1sc1c(N)ccc(O)c12. The Morgan fingerprint density at radius 2 is 1.18 bits per heavy atom. The Hall–Kier alpha value is -2.14. The predicted octanol–water partition coefficient (Wildman–Crippen LogP) is 2.63. The molecule has 2 aromatic carbocycles. The molecule has 1 heterocycles. The van der Waals surface area contributed by atoms with Gasteiger partial charge in [-0.3, -0.25) is 0 Å². The Morgan fingerprint density at radius 3 is 1.59 bits per heavy atom. The highest BCUT2D eigenvalue weighted by molar-refractivity contribution is 7.27. The summed E-state index contributed by atoms with van der Waals surface area (Å²) in [6, 6.07) is 6.32. The van der Waals surface area contributed by atoms with Gasteiger partial charge in [-0.05, 0) is 24.3 Å². The molecule has 3 rings (SSSR count). The van der Waals surface area contributed by atoms with Gasteiger partial charge in [-0.1, -0.05) is 0 Å². The minimum Gasteiger partial charge on any atom is -0.507 e. The van der Waals surface area contributed by atoms with Crippen LogP contribution in [-0.4, -0.2) is 10.2 Å². The maximum atomic E-state index is 9.90. The fraction of sp³-hybridized carbons (Fsp3) is 0. The van der Waals surface area contributed by atoms with E-state index in [9.17, 15) is 10.2 Å². The van der Waals surface area contributed by atoms with Gasteiger partial charge >= 0.3 is 0 Å². The van der Waals surface area contributed by atoms with E-state index in [1.54, 1.807) is 12.1 Å². The third-order valence-corrected chi connectivity index (χ3v) is 4.07. The standard InChI is InChI=1S/C12H10N2O2S/c13-5-1-3-7(15)9-10-8(16)4-2-6(14)12(10)17-11(5)9/h1-4,15-16H,13-14H2. The van der Waals surface area contributed by atoms with Gasteiger partial charge in [0.2, 0.25) is 0 Å². The van der Waals surface area contributed by atoms with Crippen LogP contribution in [0, 0.1) is 0 Å². The van der Waals surface area contributed by atoms with Crippen molar-refractivity contribution in [3.63, 3.8) is 0 Å². The van der Waals surface area contributed by atoms with Crippen LogP contribution in [0.2, 0.25) is 0 Å². The van der Waals surface area contributed by atoms with Crippen molar-refractivity contribution in [2.24, 2.45) is 0 Å². The first-order valence-corrected chi connectivity index (χ1v) is 5.82. The Kier molecular flexibility index (Phi) is 1.88. The first kappa shape index (κ1) is 10.0. The minimum absolute atomic E-state index is 0.0985. The fourth-order valence-corrected chi connectivity index (χ4v) is 3.18. The zero-order valence-electron chi connectivity index (χ0n) is 8.77. The van der Waals surface area contributed by atoms with Gasteiger partial charge in [0.1, 0.15) is 11.5 Å². The minimum atomic E-state index is 0.0985. The number of nitrogens with two attached hydrogens (primary N) is 2. The molecular formula is C12H10N2O2S. The van der Waals surface area contributed by atoms with Gasteiger partial charge in [-0.25, -0.2) is 0 Å². The van der Waals surface area contributed by atoms with Crippen LogP contribution in [0.5, 0.6) is 11.5 Å². The molecule has 5 heteroatoms. The highest BCUT2D eigenvalue weighted by Gasteiger charge is 2.16. The van der Waals surface area contributed by atoms with Gasteiger partial charge in [0.25, 0.3) is 0 Å². The molecule has 0 aliphatic carbocycles. The third-order valence-electron chi connectivity index (χ3n) is 2.79. The number of thiophene rings is 1. The number of aromatic hydroxyl groups is 2. The van der Waals surface area contributed by atoms with Crippen molar-refractivity contribution >= 4 is 42.9 Å². The van der Waals surface area contributed by atoms with E-state index in [0.717, 1.165) is 9.40 Å². The van der Waals surface area contributed by atoms with Crippen LogP contribution in [0.3, 0.4) is 0 Å². The summed E-state index contributed by atoms with van der Waals surface area (Å²) in [4.78, 5) is 0. The van der Waals surface area contributed by atoms with Crippen LogP contribution in [-0.2, 0) is 0 Å². The second-order valence-electron chi connectivity index (χ2n) is 3.86. The Labute approximate surface area is 101 Å². The maximum absolute atomic E-state index is 9.90. The van der Waals surface area contributed by atoms with Gasteiger partial charge in [-0.15, -0.1) is 11.3 Å². The first-order chi connectivity index (χ1) is 8.09. The van der Waals surface area contributed by atoms with Crippen molar-refractivity contribution in [2.75, 3.05) is 11.5 Å². The molecular weight excluding hydrogens is 236 g/mol. The topological polar surface area (TPSA) is 92.5 Å². The number of anilines is 2. The van der Waals surface area contributed by atoms with E-state index in [2.05, 4.69) is 0 Å². The van der Waals surface area contributed by atoms with Crippen molar-refractivity contribution in [2.45, 2.75) is 0 Å². The zero-order valence-corrected chi connectivity index (χ0v) is 9.58. The number of hydrogen-bond acceptors (Lipinski definition) is 5. The summed E-state index contributed by atoms with van der Waals surface area (Å²) in [7, 11) is 0. The summed E-state index contributed by atoms with van der Waals surface area (Å²) in [6.45, 7) is 0. The van der Waals surface area contributed by atoms with E-state index in [4.69, 9.17) is 11.5 Å². The average Bonchev–Trinajstić information content (AvgIpc) is 2.71. The van der Waals surface area contributed by atoms with E-state index < -0.39 is 0 Å². The number of nitrogen functional groups attached to an aromatic ring is 2. The number of rotatable bonds is 0. The van der Waals surface area contributed by atoms with Gasteiger partial charge < -0.3 is 21.7 Å². The number of hydrogen-bond donors (Lipinski definition) is 4. The van der Waals surface area contributed by atoms with Crippen LogP contribution >= 0.6 is 11.3 Å². The molecule has 17 heavy (non-hydrogen) atoms.